The number of hydrogen-bond donors (Lipinski definition) is 1. The molecule has 8 heteroatoms. The van der Waals surface area contributed by atoms with Gasteiger partial charge in [0.05, 0.1) is 10.7 Å². The molecule has 0 aliphatic heterocycles. The number of rotatable bonds is 6. The molecule has 1 aromatic heterocycles. The van der Waals surface area contributed by atoms with Gasteiger partial charge in [-0.1, -0.05) is 42.5 Å². The van der Waals surface area contributed by atoms with Gasteiger partial charge in [0.2, 0.25) is 4.77 Å². The van der Waals surface area contributed by atoms with Gasteiger partial charge in [-0.15, -0.1) is 0 Å². The molecule has 1 heterocycles. The summed E-state index contributed by atoms with van der Waals surface area (Å²) in [5.41, 5.74) is 2.52. The summed E-state index contributed by atoms with van der Waals surface area (Å²) in [5.74, 6) is 1.00. The van der Waals surface area contributed by atoms with Crippen molar-refractivity contribution >= 4 is 34.4 Å². The molecule has 1 N–H and O–H groups in total. The fourth-order valence-electron chi connectivity index (χ4n) is 2.80. The average Bonchev–Trinajstić information content (AvgIpc) is 3.12. The zero-order valence-corrected chi connectivity index (χ0v) is 18.0. The van der Waals surface area contributed by atoms with Crippen molar-refractivity contribution < 1.29 is 9.13 Å². The molecule has 4 rings (SSSR count). The van der Waals surface area contributed by atoms with Crippen LogP contribution in [-0.4, -0.2) is 21.1 Å². The lowest BCUT2D eigenvalue weighted by Crippen LogP contribution is -1.98. The first-order valence-electron chi connectivity index (χ1n) is 9.04. The maximum absolute atomic E-state index is 13.3. The molecule has 30 heavy (non-hydrogen) atoms. The summed E-state index contributed by atoms with van der Waals surface area (Å²) in [6.45, 7) is 0.272. The third kappa shape index (κ3) is 4.72. The summed E-state index contributed by atoms with van der Waals surface area (Å²) in [6, 6.07) is 21.6. The minimum Gasteiger partial charge on any atom is -0.488 e. The van der Waals surface area contributed by atoms with Crippen LogP contribution in [0.25, 0.3) is 11.4 Å². The van der Waals surface area contributed by atoms with Crippen molar-refractivity contribution in [2.45, 2.75) is 6.61 Å². The van der Waals surface area contributed by atoms with Gasteiger partial charge in [-0.3, -0.25) is 0 Å². The van der Waals surface area contributed by atoms with Crippen molar-refractivity contribution in [1.82, 2.24) is 14.9 Å². The van der Waals surface area contributed by atoms with Gasteiger partial charge in [0.15, 0.2) is 5.82 Å². The topological polar surface area (TPSA) is 55.2 Å². The van der Waals surface area contributed by atoms with Crippen LogP contribution >= 0.6 is 28.1 Å². The molecule has 5 nitrogen and oxygen atoms in total. The number of benzene rings is 3. The normalized spacial score (nSPS) is 11.1. The molecule has 0 bridgehead atoms. The first-order chi connectivity index (χ1) is 14.6. The van der Waals surface area contributed by atoms with E-state index < -0.39 is 0 Å². The average molecular weight is 483 g/mol. The van der Waals surface area contributed by atoms with Crippen LogP contribution in [-0.2, 0) is 6.61 Å². The molecular weight excluding hydrogens is 467 g/mol. The predicted octanol–water partition coefficient (Wildman–Crippen LogP) is 5.97. The number of aromatic amines is 1. The minimum absolute atomic E-state index is 0.272. The van der Waals surface area contributed by atoms with E-state index in [0.29, 0.717) is 16.3 Å². The van der Waals surface area contributed by atoms with E-state index in [1.807, 2.05) is 54.6 Å². The Morgan fingerprint density at radius 2 is 1.93 bits per heavy atom. The molecule has 0 aliphatic rings. The van der Waals surface area contributed by atoms with Gasteiger partial charge in [0.25, 0.3) is 0 Å². The van der Waals surface area contributed by atoms with Crippen LogP contribution in [0.2, 0.25) is 0 Å². The van der Waals surface area contributed by atoms with E-state index in [0.717, 1.165) is 21.2 Å². The highest BCUT2D eigenvalue weighted by molar-refractivity contribution is 9.10. The van der Waals surface area contributed by atoms with Crippen LogP contribution < -0.4 is 4.74 Å². The summed E-state index contributed by atoms with van der Waals surface area (Å²) < 4.78 is 21.8. The van der Waals surface area contributed by atoms with E-state index in [1.54, 1.807) is 17.0 Å². The second-order valence-corrected chi connectivity index (χ2v) is 7.62. The van der Waals surface area contributed by atoms with Crippen LogP contribution in [0, 0.1) is 10.6 Å². The lowest BCUT2D eigenvalue weighted by Gasteiger charge is -2.09. The highest BCUT2D eigenvalue weighted by atomic mass is 79.9. The molecule has 0 radical (unpaired) electrons. The smallest absolute Gasteiger partial charge is 0.216 e. The number of H-pyrrole nitrogens is 1. The third-order valence-corrected chi connectivity index (χ3v) is 5.13. The van der Waals surface area contributed by atoms with Crippen molar-refractivity contribution in [3.05, 3.63) is 99.0 Å². The first kappa shape index (κ1) is 20.2. The predicted molar refractivity (Wildman–Crippen MR) is 121 cm³/mol. The summed E-state index contributed by atoms with van der Waals surface area (Å²) in [5, 5.41) is 11.5. The van der Waals surface area contributed by atoms with Crippen molar-refractivity contribution in [3.8, 4) is 17.1 Å². The summed E-state index contributed by atoms with van der Waals surface area (Å²) in [6.07, 6.45) is 1.69. The second kappa shape index (κ2) is 9.15. The number of ether oxygens (including phenoxy) is 1. The largest absolute Gasteiger partial charge is 0.488 e. The van der Waals surface area contributed by atoms with E-state index in [-0.39, 0.29) is 12.4 Å². The molecular formula is C22H16BrFN4OS. The van der Waals surface area contributed by atoms with Gasteiger partial charge >= 0.3 is 0 Å². The van der Waals surface area contributed by atoms with Crippen LogP contribution in [0.3, 0.4) is 0 Å². The first-order valence-corrected chi connectivity index (χ1v) is 10.2. The van der Waals surface area contributed by atoms with E-state index in [4.69, 9.17) is 17.0 Å². The van der Waals surface area contributed by atoms with Crippen LogP contribution in [0.4, 0.5) is 4.39 Å². The van der Waals surface area contributed by atoms with E-state index in [9.17, 15) is 4.39 Å². The minimum atomic E-state index is -0.283. The van der Waals surface area contributed by atoms with Gasteiger partial charge in [-0.25, -0.2) is 9.49 Å². The zero-order valence-electron chi connectivity index (χ0n) is 15.6. The Morgan fingerprint density at radius 1 is 1.10 bits per heavy atom. The van der Waals surface area contributed by atoms with Crippen LogP contribution in [0.1, 0.15) is 11.1 Å². The Balaban J connectivity index is 1.51. The molecule has 0 spiro atoms. The molecule has 0 saturated carbocycles. The number of nitrogens with one attached hydrogen (secondary N) is 1. The van der Waals surface area contributed by atoms with E-state index in [2.05, 4.69) is 31.2 Å². The van der Waals surface area contributed by atoms with Crippen molar-refractivity contribution in [2.24, 2.45) is 5.10 Å². The number of aromatic nitrogens is 3. The molecule has 3 aromatic carbocycles. The number of nitrogens with zero attached hydrogens (tertiary/aromatic N) is 3. The highest BCUT2D eigenvalue weighted by Crippen LogP contribution is 2.26. The van der Waals surface area contributed by atoms with Gasteiger partial charge in [-0.2, -0.15) is 14.9 Å². The van der Waals surface area contributed by atoms with Gasteiger partial charge in [0.1, 0.15) is 18.2 Å². The van der Waals surface area contributed by atoms with Crippen molar-refractivity contribution in [3.63, 3.8) is 0 Å². The summed E-state index contributed by atoms with van der Waals surface area (Å²) in [4.78, 5) is 0. The Kier molecular flexibility index (Phi) is 6.15. The molecule has 0 unspecified atom stereocenters. The fourth-order valence-corrected chi connectivity index (χ4v) is 3.49. The van der Waals surface area contributed by atoms with Crippen molar-refractivity contribution in [1.29, 1.82) is 0 Å². The maximum atomic E-state index is 13.3. The molecule has 0 fully saturated rings. The highest BCUT2D eigenvalue weighted by Gasteiger charge is 2.08. The molecule has 0 saturated heterocycles. The lowest BCUT2D eigenvalue weighted by atomic mass is 10.2. The van der Waals surface area contributed by atoms with E-state index in [1.165, 1.54) is 12.1 Å². The summed E-state index contributed by atoms with van der Waals surface area (Å²) >= 11 is 8.81. The second-order valence-electron chi connectivity index (χ2n) is 6.38. The Hall–Kier alpha value is -3.10. The fraction of sp³-hybridized carbons (Fsp3) is 0.0455. The Bertz CT molecular complexity index is 1250. The SMILES string of the molecule is Fc1cccc(COc2ccc(/C=N\n3c(-c4ccccc4)n[nH]c3=S)cc2Br)c1. The number of hydrogen-bond acceptors (Lipinski definition) is 4. The van der Waals surface area contributed by atoms with Gasteiger partial charge in [0, 0.05) is 5.56 Å². The van der Waals surface area contributed by atoms with Gasteiger partial charge in [-0.05, 0) is 69.6 Å². The molecule has 0 amide bonds. The standard InChI is InChI=1S/C22H16BrFN4OS/c23-19-12-15(9-10-20(19)29-14-16-5-4-8-18(24)11-16)13-25-28-21(26-27-22(28)30)17-6-2-1-3-7-17/h1-13H,14H2,(H,27,30)/b25-13-. The Labute approximate surface area is 186 Å². The molecule has 0 atom stereocenters. The van der Waals surface area contributed by atoms with Crippen LogP contribution in [0.5, 0.6) is 5.75 Å². The molecule has 0 aliphatic carbocycles. The summed E-state index contributed by atoms with van der Waals surface area (Å²) in [7, 11) is 0. The van der Waals surface area contributed by atoms with E-state index >= 15 is 0 Å². The zero-order chi connectivity index (χ0) is 20.9. The molecule has 150 valence electrons. The number of halogens is 2. The molecule has 4 aromatic rings. The van der Waals surface area contributed by atoms with Crippen molar-refractivity contribution in [2.75, 3.05) is 0 Å². The van der Waals surface area contributed by atoms with Gasteiger partial charge < -0.3 is 4.74 Å². The Morgan fingerprint density at radius 3 is 2.70 bits per heavy atom. The third-order valence-electron chi connectivity index (χ3n) is 4.24. The quantitative estimate of drug-likeness (QED) is 0.272. The monoisotopic (exact) mass is 482 g/mol. The maximum Gasteiger partial charge on any atom is 0.216 e. The lowest BCUT2D eigenvalue weighted by molar-refractivity contribution is 0.303. The van der Waals surface area contributed by atoms with Crippen LogP contribution in [0.15, 0.2) is 82.4 Å².